The summed E-state index contributed by atoms with van der Waals surface area (Å²) in [5.41, 5.74) is 2.62. The molecule has 0 heterocycles. The maximum atomic E-state index is 12.9. The Morgan fingerprint density at radius 3 is 2.42 bits per heavy atom. The number of hydrogen-bond donors (Lipinski definition) is 2. The first-order chi connectivity index (χ1) is 15.7. The molecule has 0 aromatic heterocycles. The van der Waals surface area contributed by atoms with E-state index in [4.69, 9.17) is 4.74 Å². The normalized spacial score (nSPS) is 12.3. The van der Waals surface area contributed by atoms with E-state index in [1.54, 1.807) is 37.4 Å². The molecule has 1 atom stereocenters. The fourth-order valence-corrected chi connectivity index (χ4v) is 4.63. The van der Waals surface area contributed by atoms with Gasteiger partial charge in [0, 0.05) is 23.4 Å². The van der Waals surface area contributed by atoms with Crippen LogP contribution in [0.25, 0.3) is 0 Å². The highest BCUT2D eigenvalue weighted by molar-refractivity contribution is 7.92. The summed E-state index contributed by atoms with van der Waals surface area (Å²) >= 11 is 0. The summed E-state index contributed by atoms with van der Waals surface area (Å²) in [5, 5.41) is 2.91. The zero-order valence-corrected chi connectivity index (χ0v) is 20.0. The van der Waals surface area contributed by atoms with Gasteiger partial charge in [0.1, 0.15) is 5.75 Å². The Morgan fingerprint density at radius 1 is 1.00 bits per heavy atom. The van der Waals surface area contributed by atoms with Crippen molar-refractivity contribution in [1.29, 1.82) is 0 Å². The summed E-state index contributed by atoms with van der Waals surface area (Å²) in [7, 11) is 1.62. The number of nitrogens with zero attached hydrogens (tertiary/aromatic N) is 1. The minimum atomic E-state index is -3.84. The molecule has 3 aromatic carbocycles. The van der Waals surface area contributed by atoms with Gasteiger partial charge in [-0.1, -0.05) is 36.4 Å². The highest BCUT2D eigenvalue weighted by Crippen LogP contribution is 2.27. The average molecular weight is 468 g/mol. The first kappa shape index (κ1) is 24.3. The molecule has 0 aliphatic rings. The SMILES string of the molecule is COc1ccccc1C(CNC(=O)c1cccc(S(=O)(=O)Nc2cccc(C)c2)c1)N(C)C. The van der Waals surface area contributed by atoms with E-state index >= 15 is 0 Å². The largest absolute Gasteiger partial charge is 0.496 e. The van der Waals surface area contributed by atoms with Crippen LogP contribution < -0.4 is 14.8 Å². The topological polar surface area (TPSA) is 87.7 Å². The number of hydrogen-bond acceptors (Lipinski definition) is 5. The lowest BCUT2D eigenvalue weighted by molar-refractivity contribution is 0.0941. The third-order valence-electron chi connectivity index (χ3n) is 5.25. The summed E-state index contributed by atoms with van der Waals surface area (Å²) in [6, 6.07) is 20.6. The second-order valence-corrected chi connectivity index (χ2v) is 9.62. The number of para-hydroxylation sites is 1. The molecular formula is C25H29N3O4S. The van der Waals surface area contributed by atoms with E-state index in [1.165, 1.54) is 12.1 Å². The fraction of sp³-hybridized carbons (Fsp3) is 0.240. The Bertz CT molecular complexity index is 1230. The number of sulfonamides is 1. The Kier molecular flexibility index (Phi) is 7.73. The van der Waals surface area contributed by atoms with Gasteiger partial charge in [0.15, 0.2) is 0 Å². The van der Waals surface area contributed by atoms with E-state index in [1.807, 2.05) is 56.3 Å². The highest BCUT2D eigenvalue weighted by Gasteiger charge is 2.21. The van der Waals surface area contributed by atoms with Crippen LogP contribution in [-0.4, -0.2) is 47.0 Å². The zero-order chi connectivity index (χ0) is 24.0. The summed E-state index contributed by atoms with van der Waals surface area (Å²) in [4.78, 5) is 14.9. The van der Waals surface area contributed by atoms with Gasteiger partial charge in [-0.2, -0.15) is 0 Å². The van der Waals surface area contributed by atoms with Crippen LogP contribution in [0.2, 0.25) is 0 Å². The third-order valence-corrected chi connectivity index (χ3v) is 6.63. The molecule has 7 nitrogen and oxygen atoms in total. The molecule has 0 radical (unpaired) electrons. The van der Waals surface area contributed by atoms with Crippen molar-refractivity contribution < 1.29 is 17.9 Å². The molecule has 2 N–H and O–H groups in total. The molecule has 0 bridgehead atoms. The van der Waals surface area contributed by atoms with Crippen molar-refractivity contribution in [3.05, 3.63) is 89.5 Å². The molecule has 33 heavy (non-hydrogen) atoms. The summed E-state index contributed by atoms with van der Waals surface area (Å²) in [5.74, 6) is 0.380. The van der Waals surface area contributed by atoms with Gasteiger partial charge in [0.25, 0.3) is 15.9 Å². The second kappa shape index (κ2) is 10.5. The van der Waals surface area contributed by atoms with E-state index in [0.717, 1.165) is 16.9 Å². The molecule has 3 rings (SSSR count). The van der Waals surface area contributed by atoms with Gasteiger partial charge in [0.05, 0.1) is 18.0 Å². The van der Waals surface area contributed by atoms with Gasteiger partial charge in [-0.3, -0.25) is 9.52 Å². The number of amides is 1. The van der Waals surface area contributed by atoms with Crippen LogP contribution in [0.4, 0.5) is 5.69 Å². The number of likely N-dealkylation sites (N-methyl/N-ethyl adjacent to an activating group) is 1. The molecule has 0 fully saturated rings. The minimum absolute atomic E-state index is 0.0190. The lowest BCUT2D eigenvalue weighted by Gasteiger charge is -2.26. The monoisotopic (exact) mass is 467 g/mol. The minimum Gasteiger partial charge on any atom is -0.496 e. The van der Waals surface area contributed by atoms with E-state index in [2.05, 4.69) is 10.0 Å². The molecule has 0 spiro atoms. The predicted molar refractivity (Wildman–Crippen MR) is 130 cm³/mol. The van der Waals surface area contributed by atoms with Gasteiger partial charge in [-0.05, 0) is 63.0 Å². The Morgan fingerprint density at radius 2 is 1.73 bits per heavy atom. The Hall–Kier alpha value is -3.36. The molecule has 174 valence electrons. The summed E-state index contributed by atoms with van der Waals surface area (Å²) < 4.78 is 33.7. The quantitative estimate of drug-likeness (QED) is 0.499. The van der Waals surface area contributed by atoms with E-state index in [9.17, 15) is 13.2 Å². The molecule has 0 aliphatic carbocycles. The number of ether oxygens (including phenoxy) is 1. The maximum Gasteiger partial charge on any atom is 0.261 e. The van der Waals surface area contributed by atoms with Crippen molar-refractivity contribution in [3.63, 3.8) is 0 Å². The number of rotatable bonds is 9. The molecular weight excluding hydrogens is 438 g/mol. The van der Waals surface area contributed by atoms with Crippen LogP contribution in [0, 0.1) is 6.92 Å². The van der Waals surface area contributed by atoms with E-state index < -0.39 is 10.0 Å². The van der Waals surface area contributed by atoms with Crippen molar-refractivity contribution in [2.45, 2.75) is 17.9 Å². The van der Waals surface area contributed by atoms with Gasteiger partial charge >= 0.3 is 0 Å². The van der Waals surface area contributed by atoms with Crippen molar-refractivity contribution in [2.75, 3.05) is 32.5 Å². The summed E-state index contributed by atoms with van der Waals surface area (Å²) in [6.07, 6.45) is 0. The number of carbonyl (C=O) groups excluding carboxylic acids is 1. The smallest absolute Gasteiger partial charge is 0.261 e. The summed E-state index contributed by atoms with van der Waals surface area (Å²) in [6.45, 7) is 2.21. The van der Waals surface area contributed by atoms with Gasteiger partial charge in [-0.15, -0.1) is 0 Å². The number of carbonyl (C=O) groups is 1. The van der Waals surface area contributed by atoms with Crippen LogP contribution in [0.15, 0.2) is 77.7 Å². The molecule has 1 amide bonds. The average Bonchev–Trinajstić information content (AvgIpc) is 2.79. The van der Waals surface area contributed by atoms with Crippen molar-refractivity contribution in [3.8, 4) is 5.75 Å². The van der Waals surface area contributed by atoms with Gasteiger partial charge < -0.3 is 15.0 Å². The molecule has 8 heteroatoms. The second-order valence-electron chi connectivity index (χ2n) is 7.93. The number of methoxy groups -OCH3 is 1. The maximum absolute atomic E-state index is 12.9. The number of benzene rings is 3. The fourth-order valence-electron chi connectivity index (χ4n) is 3.53. The van der Waals surface area contributed by atoms with Crippen LogP contribution in [0.3, 0.4) is 0 Å². The standard InChI is InChI=1S/C25H29N3O4S/c1-18-9-7-11-20(15-18)27-33(30,31)21-12-8-10-19(16-21)25(29)26-17-23(28(2)3)22-13-5-6-14-24(22)32-4/h5-16,23,27H,17H2,1-4H3,(H,26,29). The highest BCUT2D eigenvalue weighted by atomic mass is 32.2. The molecule has 1 unspecified atom stereocenters. The van der Waals surface area contributed by atoms with E-state index in [-0.39, 0.29) is 22.4 Å². The van der Waals surface area contributed by atoms with E-state index in [0.29, 0.717) is 12.2 Å². The lowest BCUT2D eigenvalue weighted by atomic mass is 10.0. The van der Waals surface area contributed by atoms with Crippen molar-refractivity contribution in [2.24, 2.45) is 0 Å². The van der Waals surface area contributed by atoms with Crippen molar-refractivity contribution in [1.82, 2.24) is 10.2 Å². The number of anilines is 1. The van der Waals surface area contributed by atoms with Crippen LogP contribution in [-0.2, 0) is 10.0 Å². The van der Waals surface area contributed by atoms with Gasteiger partial charge in [-0.25, -0.2) is 8.42 Å². The predicted octanol–water partition coefficient (Wildman–Crippen LogP) is 3.84. The number of aryl methyl sites for hydroxylation is 1. The Balaban J connectivity index is 1.76. The third kappa shape index (κ3) is 6.12. The zero-order valence-electron chi connectivity index (χ0n) is 19.2. The van der Waals surface area contributed by atoms with Crippen molar-refractivity contribution >= 4 is 21.6 Å². The molecule has 3 aromatic rings. The van der Waals surface area contributed by atoms with Crippen LogP contribution in [0.5, 0.6) is 5.75 Å². The molecule has 0 aliphatic heterocycles. The van der Waals surface area contributed by atoms with Crippen LogP contribution >= 0.6 is 0 Å². The molecule has 0 saturated carbocycles. The Labute approximate surface area is 195 Å². The first-order valence-electron chi connectivity index (χ1n) is 10.5. The van der Waals surface area contributed by atoms with Crippen LogP contribution in [0.1, 0.15) is 27.5 Å². The lowest BCUT2D eigenvalue weighted by Crippen LogP contribution is -2.34. The molecule has 0 saturated heterocycles. The first-order valence-corrected chi connectivity index (χ1v) is 12.0. The number of nitrogens with one attached hydrogen (secondary N) is 2. The van der Waals surface area contributed by atoms with Gasteiger partial charge in [0.2, 0.25) is 0 Å².